The third kappa shape index (κ3) is 1.83. The molecule has 1 saturated carbocycles. The van der Waals surface area contributed by atoms with Gasteiger partial charge >= 0.3 is 0 Å². The Hall–Kier alpha value is 0.180. The van der Waals surface area contributed by atoms with Crippen molar-refractivity contribution in [2.24, 2.45) is 11.7 Å². The molecule has 0 amide bonds. The molecule has 1 rings (SSSR count). The maximum absolute atomic E-state index is 12.9. The van der Waals surface area contributed by atoms with Crippen LogP contribution in [0.1, 0.15) is 19.3 Å². The standard InChI is InChI=1S/C7H13ClFN/c8-6-1-2-7(9)5(3-6)4-10/h5-7H,1-4,10H2. The summed E-state index contributed by atoms with van der Waals surface area (Å²) in [6, 6.07) is 0. The molecular weight excluding hydrogens is 153 g/mol. The van der Waals surface area contributed by atoms with E-state index in [2.05, 4.69) is 0 Å². The highest BCUT2D eigenvalue weighted by Gasteiger charge is 2.27. The van der Waals surface area contributed by atoms with Crippen LogP contribution in [0, 0.1) is 5.92 Å². The van der Waals surface area contributed by atoms with Gasteiger partial charge in [-0.15, -0.1) is 11.6 Å². The Bertz CT molecular complexity index is 110. The lowest BCUT2D eigenvalue weighted by atomic mass is 9.87. The Morgan fingerprint density at radius 3 is 2.70 bits per heavy atom. The minimum atomic E-state index is -0.708. The molecule has 0 aromatic rings. The minimum Gasteiger partial charge on any atom is -0.330 e. The molecule has 1 aliphatic rings. The summed E-state index contributed by atoms with van der Waals surface area (Å²) < 4.78 is 12.9. The molecule has 0 aliphatic heterocycles. The number of hydrogen-bond acceptors (Lipinski definition) is 1. The summed E-state index contributed by atoms with van der Waals surface area (Å²) in [5.74, 6) is 0.0104. The van der Waals surface area contributed by atoms with Crippen LogP contribution in [-0.4, -0.2) is 18.1 Å². The Morgan fingerprint density at radius 2 is 2.20 bits per heavy atom. The van der Waals surface area contributed by atoms with Gasteiger partial charge in [-0.2, -0.15) is 0 Å². The lowest BCUT2D eigenvalue weighted by molar-refractivity contribution is 0.173. The van der Waals surface area contributed by atoms with E-state index in [-0.39, 0.29) is 11.3 Å². The lowest BCUT2D eigenvalue weighted by Crippen LogP contribution is -2.32. The Kier molecular flexibility index (Phi) is 2.93. The van der Waals surface area contributed by atoms with E-state index in [4.69, 9.17) is 17.3 Å². The highest BCUT2D eigenvalue weighted by molar-refractivity contribution is 6.20. The molecule has 0 aromatic carbocycles. The molecule has 10 heavy (non-hydrogen) atoms. The van der Waals surface area contributed by atoms with Crippen LogP contribution in [0.25, 0.3) is 0 Å². The summed E-state index contributed by atoms with van der Waals surface area (Å²) in [5, 5.41) is 0.153. The first-order valence-corrected chi connectivity index (χ1v) is 4.16. The largest absolute Gasteiger partial charge is 0.330 e. The second-order valence-electron chi connectivity index (χ2n) is 2.92. The molecule has 3 heteroatoms. The maximum Gasteiger partial charge on any atom is 0.104 e. The third-order valence-electron chi connectivity index (χ3n) is 2.13. The van der Waals surface area contributed by atoms with Gasteiger partial charge in [0.1, 0.15) is 6.17 Å². The average Bonchev–Trinajstić information content (AvgIpc) is 1.94. The molecule has 0 radical (unpaired) electrons. The number of alkyl halides is 2. The Balaban J connectivity index is 2.38. The fourth-order valence-corrected chi connectivity index (χ4v) is 1.77. The van der Waals surface area contributed by atoms with E-state index in [1.807, 2.05) is 0 Å². The van der Waals surface area contributed by atoms with E-state index in [0.717, 1.165) is 12.8 Å². The zero-order chi connectivity index (χ0) is 7.56. The fourth-order valence-electron chi connectivity index (χ4n) is 1.41. The van der Waals surface area contributed by atoms with E-state index < -0.39 is 6.17 Å². The topological polar surface area (TPSA) is 26.0 Å². The fraction of sp³-hybridized carbons (Fsp3) is 1.00. The van der Waals surface area contributed by atoms with Gasteiger partial charge in [0.15, 0.2) is 0 Å². The summed E-state index contributed by atoms with van der Waals surface area (Å²) in [7, 11) is 0. The van der Waals surface area contributed by atoms with Crippen molar-refractivity contribution < 1.29 is 4.39 Å². The van der Waals surface area contributed by atoms with Crippen LogP contribution >= 0.6 is 11.6 Å². The second kappa shape index (κ2) is 3.54. The van der Waals surface area contributed by atoms with Crippen molar-refractivity contribution in [2.75, 3.05) is 6.54 Å². The summed E-state index contributed by atoms with van der Waals surface area (Å²) in [4.78, 5) is 0. The molecule has 1 fully saturated rings. The van der Waals surface area contributed by atoms with Gasteiger partial charge in [0.05, 0.1) is 0 Å². The van der Waals surface area contributed by atoms with Crippen LogP contribution < -0.4 is 5.73 Å². The quantitative estimate of drug-likeness (QED) is 0.588. The molecule has 0 saturated heterocycles. The van der Waals surface area contributed by atoms with E-state index in [0.29, 0.717) is 13.0 Å². The van der Waals surface area contributed by atoms with Crippen LogP contribution in [0.15, 0.2) is 0 Å². The van der Waals surface area contributed by atoms with Crippen LogP contribution in [0.5, 0.6) is 0 Å². The molecule has 3 unspecified atom stereocenters. The van der Waals surface area contributed by atoms with Gasteiger partial charge in [0, 0.05) is 11.3 Å². The first-order valence-electron chi connectivity index (χ1n) is 3.72. The van der Waals surface area contributed by atoms with Gasteiger partial charge in [-0.3, -0.25) is 0 Å². The van der Waals surface area contributed by atoms with Crippen LogP contribution in [0.2, 0.25) is 0 Å². The highest BCUT2D eigenvalue weighted by atomic mass is 35.5. The first-order chi connectivity index (χ1) is 4.74. The summed E-state index contributed by atoms with van der Waals surface area (Å²) in [5.41, 5.74) is 5.36. The maximum atomic E-state index is 12.9. The molecule has 0 spiro atoms. The molecule has 0 aromatic heterocycles. The van der Waals surface area contributed by atoms with E-state index in [1.165, 1.54) is 0 Å². The van der Waals surface area contributed by atoms with Gasteiger partial charge < -0.3 is 5.73 Å². The monoisotopic (exact) mass is 165 g/mol. The van der Waals surface area contributed by atoms with Crippen molar-refractivity contribution in [3.05, 3.63) is 0 Å². The summed E-state index contributed by atoms with van der Waals surface area (Å²) in [6.07, 6.45) is 1.44. The number of nitrogens with two attached hydrogens (primary N) is 1. The second-order valence-corrected chi connectivity index (χ2v) is 3.54. The third-order valence-corrected chi connectivity index (χ3v) is 2.52. The van der Waals surface area contributed by atoms with Crippen molar-refractivity contribution in [3.8, 4) is 0 Å². The predicted octanol–water partition coefficient (Wildman–Crippen LogP) is 1.69. The summed E-state index contributed by atoms with van der Waals surface area (Å²) >= 11 is 5.83. The van der Waals surface area contributed by atoms with Crippen molar-refractivity contribution in [1.82, 2.24) is 0 Å². The van der Waals surface area contributed by atoms with Gasteiger partial charge in [0.25, 0.3) is 0 Å². The Labute approximate surface area is 65.7 Å². The number of hydrogen-bond donors (Lipinski definition) is 1. The van der Waals surface area contributed by atoms with Crippen LogP contribution in [-0.2, 0) is 0 Å². The highest BCUT2D eigenvalue weighted by Crippen LogP contribution is 2.29. The zero-order valence-electron chi connectivity index (χ0n) is 5.89. The minimum absolute atomic E-state index is 0.0104. The van der Waals surface area contributed by atoms with Crippen molar-refractivity contribution >= 4 is 11.6 Å². The number of rotatable bonds is 1. The van der Waals surface area contributed by atoms with E-state index >= 15 is 0 Å². The van der Waals surface area contributed by atoms with Crippen molar-refractivity contribution in [1.29, 1.82) is 0 Å². The average molecular weight is 166 g/mol. The molecule has 1 nitrogen and oxygen atoms in total. The first kappa shape index (κ1) is 8.28. The lowest BCUT2D eigenvalue weighted by Gasteiger charge is -2.27. The SMILES string of the molecule is NCC1CC(Cl)CCC1F. The van der Waals surface area contributed by atoms with Crippen molar-refractivity contribution in [2.45, 2.75) is 30.8 Å². The van der Waals surface area contributed by atoms with Gasteiger partial charge in [-0.25, -0.2) is 4.39 Å². The molecule has 1 aliphatic carbocycles. The van der Waals surface area contributed by atoms with Gasteiger partial charge in [-0.05, 0) is 25.8 Å². The van der Waals surface area contributed by atoms with Gasteiger partial charge in [0.2, 0.25) is 0 Å². The Morgan fingerprint density at radius 1 is 1.50 bits per heavy atom. The van der Waals surface area contributed by atoms with E-state index in [9.17, 15) is 4.39 Å². The molecule has 60 valence electrons. The normalized spacial score (nSPS) is 41.7. The molecule has 0 heterocycles. The smallest absolute Gasteiger partial charge is 0.104 e. The molecule has 3 atom stereocenters. The van der Waals surface area contributed by atoms with Crippen LogP contribution in [0.3, 0.4) is 0 Å². The zero-order valence-corrected chi connectivity index (χ0v) is 6.65. The predicted molar refractivity (Wildman–Crippen MR) is 40.9 cm³/mol. The van der Waals surface area contributed by atoms with Crippen molar-refractivity contribution in [3.63, 3.8) is 0 Å². The molecular formula is C7H13ClFN. The van der Waals surface area contributed by atoms with Crippen LogP contribution in [0.4, 0.5) is 4.39 Å². The number of halogens is 2. The van der Waals surface area contributed by atoms with E-state index in [1.54, 1.807) is 0 Å². The van der Waals surface area contributed by atoms with Gasteiger partial charge in [-0.1, -0.05) is 0 Å². The molecule has 2 N–H and O–H groups in total. The summed E-state index contributed by atoms with van der Waals surface area (Å²) in [6.45, 7) is 0.435. The molecule has 0 bridgehead atoms.